The lowest BCUT2D eigenvalue weighted by Gasteiger charge is -2.30. The molecule has 0 radical (unpaired) electrons. The Morgan fingerprint density at radius 2 is 1.86 bits per heavy atom. The number of benzene rings is 1. The zero-order valence-corrected chi connectivity index (χ0v) is 17.1. The number of carbonyl (C=O) groups excluding carboxylic acids is 1. The smallest absolute Gasteiger partial charge is 0.304 e. The molecule has 1 aromatic rings. The number of amides is 1. The molecule has 0 spiro atoms. The Balaban J connectivity index is 1.52. The van der Waals surface area contributed by atoms with Gasteiger partial charge in [-0.25, -0.2) is 13.5 Å². The number of hydrogen-bond acceptors (Lipinski definition) is 4. The average molecular weight is 429 g/mol. The highest BCUT2D eigenvalue weighted by atomic mass is 32.2. The highest BCUT2D eigenvalue weighted by Crippen LogP contribution is 2.45. The van der Waals surface area contributed by atoms with Crippen LogP contribution in [0.15, 0.2) is 12.1 Å². The maximum absolute atomic E-state index is 14.9. The first-order valence-corrected chi connectivity index (χ1v) is 11.7. The topological polar surface area (TPSA) is 75.7 Å². The first kappa shape index (κ1) is 20.5. The number of nitrogens with zero attached hydrogens (tertiary/aromatic N) is 1. The summed E-state index contributed by atoms with van der Waals surface area (Å²) < 4.78 is 62.5. The van der Waals surface area contributed by atoms with E-state index in [0.29, 0.717) is 31.5 Å². The van der Waals surface area contributed by atoms with Gasteiger partial charge in [-0.2, -0.15) is 12.7 Å². The third-order valence-electron chi connectivity index (χ3n) is 5.97. The van der Waals surface area contributed by atoms with Crippen LogP contribution in [0.25, 0.3) is 0 Å². The minimum atomic E-state index is -3.96. The predicted molar refractivity (Wildman–Crippen MR) is 103 cm³/mol. The molecule has 2 aliphatic carbocycles. The Kier molecular flexibility index (Phi) is 5.54. The van der Waals surface area contributed by atoms with Crippen LogP contribution in [-0.2, 0) is 10.2 Å². The zero-order chi connectivity index (χ0) is 20.6. The third kappa shape index (κ3) is 4.55. The molecule has 29 heavy (non-hydrogen) atoms. The first-order valence-electron chi connectivity index (χ1n) is 10.2. The van der Waals surface area contributed by atoms with Gasteiger partial charge < -0.3 is 4.74 Å². The van der Waals surface area contributed by atoms with Gasteiger partial charge in [0.05, 0.1) is 5.56 Å². The summed E-state index contributed by atoms with van der Waals surface area (Å²) in [7, 11) is -3.96. The summed E-state index contributed by atoms with van der Waals surface area (Å²) in [6.07, 6.45) is 5.98. The lowest BCUT2D eigenvalue weighted by Crippen LogP contribution is -2.49. The molecule has 1 amide bonds. The number of ether oxygens (including phenoxy) is 1. The lowest BCUT2D eigenvalue weighted by molar-refractivity contribution is 0.0470. The molecule has 1 N–H and O–H groups in total. The SMILES string of the molecule is O=C(NS(=O)(=O)N1CCC1)c1cc(C2CC2)c(OCC2(F)CCCCC2)cc1F. The van der Waals surface area contributed by atoms with Gasteiger partial charge >= 0.3 is 10.2 Å². The van der Waals surface area contributed by atoms with E-state index < -0.39 is 27.6 Å². The van der Waals surface area contributed by atoms with Gasteiger partial charge in [0.1, 0.15) is 23.8 Å². The number of alkyl halides is 1. The molecule has 0 unspecified atom stereocenters. The molecule has 0 aromatic heterocycles. The molecule has 4 rings (SSSR count). The van der Waals surface area contributed by atoms with Crippen molar-refractivity contribution in [2.24, 2.45) is 0 Å². The van der Waals surface area contributed by atoms with Crippen LogP contribution in [0.3, 0.4) is 0 Å². The molecular formula is C20H26F2N2O4S. The third-order valence-corrected chi connectivity index (χ3v) is 7.46. The number of halogens is 2. The summed E-state index contributed by atoms with van der Waals surface area (Å²) in [5, 5.41) is 0. The molecule has 1 saturated heterocycles. The van der Waals surface area contributed by atoms with Crippen LogP contribution in [0, 0.1) is 5.82 Å². The quantitative estimate of drug-likeness (QED) is 0.722. The van der Waals surface area contributed by atoms with Gasteiger partial charge in [0.2, 0.25) is 0 Å². The zero-order valence-electron chi connectivity index (χ0n) is 16.3. The lowest BCUT2D eigenvalue weighted by atomic mass is 9.87. The van der Waals surface area contributed by atoms with Crippen molar-refractivity contribution in [1.29, 1.82) is 0 Å². The van der Waals surface area contributed by atoms with Gasteiger partial charge in [0.15, 0.2) is 0 Å². The minimum absolute atomic E-state index is 0.117. The predicted octanol–water partition coefficient (Wildman–Crippen LogP) is 3.43. The van der Waals surface area contributed by atoms with E-state index >= 15 is 0 Å². The van der Waals surface area contributed by atoms with Crippen molar-refractivity contribution in [3.05, 3.63) is 29.1 Å². The number of hydrogen-bond donors (Lipinski definition) is 1. The van der Waals surface area contributed by atoms with Crippen molar-refractivity contribution >= 4 is 16.1 Å². The summed E-state index contributed by atoms with van der Waals surface area (Å²) in [5.41, 5.74) is -1.11. The second kappa shape index (κ2) is 7.83. The molecule has 0 atom stereocenters. The maximum atomic E-state index is 14.9. The van der Waals surface area contributed by atoms with E-state index in [1.54, 1.807) is 0 Å². The van der Waals surface area contributed by atoms with Crippen LogP contribution in [0.4, 0.5) is 8.78 Å². The number of rotatable bonds is 7. The van der Waals surface area contributed by atoms with Crippen LogP contribution in [-0.4, -0.2) is 44.0 Å². The Hall–Kier alpha value is -1.74. The van der Waals surface area contributed by atoms with Crippen molar-refractivity contribution < 1.29 is 26.7 Å². The van der Waals surface area contributed by atoms with Crippen LogP contribution in [0.1, 0.15) is 73.2 Å². The number of nitrogens with one attached hydrogen (secondary N) is 1. The average Bonchev–Trinajstić information content (AvgIpc) is 3.43. The van der Waals surface area contributed by atoms with Crippen molar-refractivity contribution in [3.63, 3.8) is 0 Å². The van der Waals surface area contributed by atoms with Gasteiger partial charge in [-0.3, -0.25) is 4.79 Å². The summed E-state index contributed by atoms with van der Waals surface area (Å²) in [5.74, 6) is -1.52. The fraction of sp³-hybridized carbons (Fsp3) is 0.650. The van der Waals surface area contributed by atoms with E-state index in [9.17, 15) is 22.0 Å². The van der Waals surface area contributed by atoms with E-state index in [-0.39, 0.29) is 23.8 Å². The van der Waals surface area contributed by atoms with E-state index in [1.807, 2.05) is 4.72 Å². The van der Waals surface area contributed by atoms with Gasteiger partial charge in [0, 0.05) is 19.2 Å². The highest BCUT2D eigenvalue weighted by Gasteiger charge is 2.35. The molecule has 3 aliphatic rings. The molecule has 0 bridgehead atoms. The fourth-order valence-electron chi connectivity index (χ4n) is 3.89. The Labute approximate surface area is 169 Å². The first-order chi connectivity index (χ1) is 13.8. The second-order valence-corrected chi connectivity index (χ2v) is 10.0. The molecule has 6 nitrogen and oxygen atoms in total. The van der Waals surface area contributed by atoms with E-state index in [4.69, 9.17) is 4.74 Å². The number of carbonyl (C=O) groups is 1. The molecule has 160 valence electrons. The summed E-state index contributed by atoms with van der Waals surface area (Å²) in [6, 6.07) is 2.44. The van der Waals surface area contributed by atoms with Crippen molar-refractivity contribution in [3.8, 4) is 5.75 Å². The molecule has 2 saturated carbocycles. The highest BCUT2D eigenvalue weighted by molar-refractivity contribution is 7.87. The molecular weight excluding hydrogens is 402 g/mol. The van der Waals surface area contributed by atoms with Crippen molar-refractivity contribution in [2.75, 3.05) is 19.7 Å². The van der Waals surface area contributed by atoms with Gasteiger partial charge in [-0.1, -0.05) is 19.3 Å². The Morgan fingerprint density at radius 1 is 1.17 bits per heavy atom. The molecule has 9 heteroatoms. The standard InChI is InChI=1S/C20H26F2N2O4S/c21-17-12-18(28-13-20(22)7-2-1-3-8-20)15(14-5-6-14)11-16(17)19(25)23-29(26,27)24-9-4-10-24/h11-12,14H,1-10,13H2,(H,23,25). The Bertz CT molecular complexity index is 892. The minimum Gasteiger partial charge on any atom is -0.490 e. The van der Waals surface area contributed by atoms with Crippen LogP contribution in [0.2, 0.25) is 0 Å². The second-order valence-electron chi connectivity index (χ2n) is 8.33. The summed E-state index contributed by atoms with van der Waals surface area (Å²) in [6.45, 7) is 0.549. The van der Waals surface area contributed by atoms with Gasteiger partial charge in [-0.05, 0) is 49.7 Å². The Morgan fingerprint density at radius 3 is 2.45 bits per heavy atom. The van der Waals surface area contributed by atoms with Crippen LogP contribution in [0.5, 0.6) is 5.75 Å². The van der Waals surface area contributed by atoms with Gasteiger partial charge in [0.25, 0.3) is 5.91 Å². The normalized spacial score (nSPS) is 22.0. The molecule has 1 heterocycles. The van der Waals surface area contributed by atoms with Crippen molar-refractivity contribution in [2.45, 2.75) is 63.0 Å². The summed E-state index contributed by atoms with van der Waals surface area (Å²) in [4.78, 5) is 12.4. The van der Waals surface area contributed by atoms with E-state index in [2.05, 4.69) is 0 Å². The molecule has 1 aromatic carbocycles. The molecule has 3 fully saturated rings. The van der Waals surface area contributed by atoms with Crippen molar-refractivity contribution in [1.82, 2.24) is 9.03 Å². The van der Waals surface area contributed by atoms with E-state index in [0.717, 1.165) is 48.9 Å². The van der Waals surface area contributed by atoms with Crippen LogP contribution >= 0.6 is 0 Å². The fourth-order valence-corrected chi connectivity index (χ4v) is 5.10. The largest absolute Gasteiger partial charge is 0.490 e. The maximum Gasteiger partial charge on any atom is 0.304 e. The van der Waals surface area contributed by atoms with Crippen LogP contribution < -0.4 is 9.46 Å². The summed E-state index contributed by atoms with van der Waals surface area (Å²) >= 11 is 0. The monoisotopic (exact) mass is 428 g/mol. The molecule has 1 aliphatic heterocycles. The van der Waals surface area contributed by atoms with E-state index in [1.165, 1.54) is 6.07 Å². The van der Waals surface area contributed by atoms with Gasteiger partial charge in [-0.15, -0.1) is 0 Å².